The number of fused-ring (bicyclic) bond motifs is 1. The maximum atomic E-state index is 13.3. The van der Waals surface area contributed by atoms with Gasteiger partial charge < -0.3 is 14.4 Å². The number of aliphatic hydroxyl groups is 1. The van der Waals surface area contributed by atoms with Crippen LogP contribution in [0.1, 0.15) is 35.5 Å². The molecule has 6 nitrogen and oxygen atoms in total. The number of nitrogens with zero attached hydrogens (tertiary/aromatic N) is 2. The molecule has 0 radical (unpaired) electrons. The quantitative estimate of drug-likeness (QED) is 0.587. The van der Waals surface area contributed by atoms with Crippen molar-refractivity contribution in [3.05, 3.63) is 75.9 Å². The first kappa shape index (κ1) is 18.4. The van der Waals surface area contributed by atoms with Gasteiger partial charge in [-0.3, -0.25) is 14.6 Å². The van der Waals surface area contributed by atoms with E-state index < -0.39 is 23.5 Å². The average molecular weight is 441 g/mol. The highest BCUT2D eigenvalue weighted by molar-refractivity contribution is 9.10. The second-order valence-electron chi connectivity index (χ2n) is 6.57. The Balaban J connectivity index is 1.81. The fourth-order valence-electron chi connectivity index (χ4n) is 3.50. The predicted octanol–water partition coefficient (Wildman–Crippen LogP) is 4.58. The van der Waals surface area contributed by atoms with E-state index in [2.05, 4.69) is 20.9 Å². The van der Waals surface area contributed by atoms with Gasteiger partial charge in [-0.05, 0) is 42.3 Å². The van der Waals surface area contributed by atoms with E-state index in [0.29, 0.717) is 24.1 Å². The van der Waals surface area contributed by atoms with Gasteiger partial charge in [-0.25, -0.2) is 0 Å². The van der Waals surface area contributed by atoms with Crippen LogP contribution in [0.2, 0.25) is 0 Å². The summed E-state index contributed by atoms with van der Waals surface area (Å²) in [6.07, 6.45) is 3.91. The zero-order valence-electron chi connectivity index (χ0n) is 15.1. The van der Waals surface area contributed by atoms with Gasteiger partial charge in [0.25, 0.3) is 5.91 Å². The van der Waals surface area contributed by atoms with Gasteiger partial charge in [-0.2, -0.15) is 0 Å². The van der Waals surface area contributed by atoms with Crippen molar-refractivity contribution >= 4 is 38.6 Å². The molecule has 1 unspecified atom stereocenters. The summed E-state index contributed by atoms with van der Waals surface area (Å²) < 4.78 is 6.56. The first-order valence-electron chi connectivity index (χ1n) is 8.89. The van der Waals surface area contributed by atoms with E-state index in [9.17, 15) is 14.7 Å². The fourth-order valence-corrected chi connectivity index (χ4v) is 3.88. The van der Waals surface area contributed by atoms with E-state index in [1.54, 1.807) is 36.7 Å². The third-order valence-corrected chi connectivity index (χ3v) is 5.21. The van der Waals surface area contributed by atoms with Gasteiger partial charge >= 0.3 is 0 Å². The van der Waals surface area contributed by atoms with Crippen molar-refractivity contribution < 1.29 is 19.1 Å². The highest BCUT2D eigenvalue weighted by Crippen LogP contribution is 2.39. The van der Waals surface area contributed by atoms with Crippen LogP contribution in [-0.2, 0) is 4.79 Å². The van der Waals surface area contributed by atoms with Crippen LogP contribution >= 0.6 is 15.9 Å². The molecule has 1 N–H and O–H groups in total. The summed E-state index contributed by atoms with van der Waals surface area (Å²) in [5.41, 5.74) is 1.24. The van der Waals surface area contributed by atoms with Crippen LogP contribution in [0.25, 0.3) is 11.0 Å². The van der Waals surface area contributed by atoms with Crippen molar-refractivity contribution in [2.45, 2.75) is 19.4 Å². The van der Waals surface area contributed by atoms with E-state index >= 15 is 0 Å². The minimum atomic E-state index is -0.700. The Morgan fingerprint density at radius 1 is 1.32 bits per heavy atom. The SMILES string of the molecule is CCCN1C(=O)C(O)=C(C(=O)c2cc3cc(Br)ccc3o2)C1c1cccnc1. The first-order valence-corrected chi connectivity index (χ1v) is 9.68. The van der Waals surface area contributed by atoms with Crippen molar-refractivity contribution in [2.75, 3.05) is 6.54 Å². The monoisotopic (exact) mass is 440 g/mol. The Morgan fingerprint density at radius 3 is 2.86 bits per heavy atom. The number of halogens is 1. The van der Waals surface area contributed by atoms with E-state index in [1.807, 2.05) is 19.1 Å². The molecule has 7 heteroatoms. The Labute approximate surface area is 169 Å². The summed E-state index contributed by atoms with van der Waals surface area (Å²) in [5.74, 6) is -1.52. The fraction of sp³-hybridized carbons (Fsp3) is 0.190. The molecule has 1 amide bonds. The number of pyridine rings is 1. The largest absolute Gasteiger partial charge is 0.503 e. The molecule has 0 spiro atoms. The van der Waals surface area contributed by atoms with Crippen LogP contribution in [0.5, 0.6) is 0 Å². The van der Waals surface area contributed by atoms with Gasteiger partial charge in [-0.15, -0.1) is 0 Å². The van der Waals surface area contributed by atoms with Crippen molar-refractivity contribution in [1.82, 2.24) is 9.88 Å². The normalized spacial score (nSPS) is 17.0. The van der Waals surface area contributed by atoms with Crippen LogP contribution in [0.3, 0.4) is 0 Å². The Morgan fingerprint density at radius 2 is 2.14 bits per heavy atom. The number of carbonyl (C=O) groups excluding carboxylic acids is 2. The Bertz CT molecular complexity index is 1100. The molecule has 4 rings (SSSR count). The molecular weight excluding hydrogens is 424 g/mol. The molecule has 0 fully saturated rings. The van der Waals surface area contributed by atoms with E-state index in [0.717, 1.165) is 9.86 Å². The number of furan rings is 1. The lowest BCUT2D eigenvalue weighted by atomic mass is 9.96. The van der Waals surface area contributed by atoms with Crippen LogP contribution in [-0.4, -0.2) is 33.2 Å². The van der Waals surface area contributed by atoms with E-state index in [1.165, 1.54) is 4.90 Å². The molecule has 28 heavy (non-hydrogen) atoms. The third kappa shape index (κ3) is 3.01. The van der Waals surface area contributed by atoms with Crippen LogP contribution in [0.4, 0.5) is 0 Å². The number of benzene rings is 1. The van der Waals surface area contributed by atoms with Gasteiger partial charge in [0.1, 0.15) is 5.58 Å². The standard InChI is InChI=1S/C21H17BrN2O4/c1-2-8-24-18(12-4-3-7-23-11-12)17(20(26)21(24)27)19(25)16-10-13-9-14(22)5-6-15(13)28-16/h3-7,9-11,18,26H,2,8H2,1H3. The minimum Gasteiger partial charge on any atom is -0.503 e. The molecule has 0 saturated heterocycles. The second kappa shape index (κ2) is 7.24. The molecule has 0 bridgehead atoms. The minimum absolute atomic E-state index is 0.0181. The number of ketones is 1. The number of hydrogen-bond acceptors (Lipinski definition) is 5. The third-order valence-electron chi connectivity index (χ3n) is 4.72. The number of hydrogen-bond donors (Lipinski definition) is 1. The molecule has 1 atom stereocenters. The molecule has 1 aromatic carbocycles. The summed E-state index contributed by atoms with van der Waals surface area (Å²) in [6, 6.07) is 9.86. The summed E-state index contributed by atoms with van der Waals surface area (Å²) in [4.78, 5) is 31.5. The van der Waals surface area contributed by atoms with Gasteiger partial charge in [0.2, 0.25) is 5.78 Å². The smallest absolute Gasteiger partial charge is 0.290 e. The van der Waals surface area contributed by atoms with Crippen molar-refractivity contribution in [2.24, 2.45) is 0 Å². The summed E-state index contributed by atoms with van der Waals surface area (Å²) >= 11 is 3.39. The molecule has 0 saturated carbocycles. The maximum absolute atomic E-state index is 13.3. The molecular formula is C21H17BrN2O4. The summed E-state index contributed by atoms with van der Waals surface area (Å²) in [6.45, 7) is 2.34. The van der Waals surface area contributed by atoms with Crippen LogP contribution < -0.4 is 0 Å². The lowest BCUT2D eigenvalue weighted by Crippen LogP contribution is -2.31. The highest BCUT2D eigenvalue weighted by atomic mass is 79.9. The molecule has 1 aliphatic heterocycles. The molecule has 2 aromatic heterocycles. The van der Waals surface area contributed by atoms with Crippen molar-refractivity contribution in [1.29, 1.82) is 0 Å². The van der Waals surface area contributed by atoms with E-state index in [-0.39, 0.29) is 11.3 Å². The number of rotatable bonds is 5. The molecule has 3 heterocycles. The molecule has 142 valence electrons. The van der Waals surface area contributed by atoms with E-state index in [4.69, 9.17) is 4.42 Å². The van der Waals surface area contributed by atoms with Gasteiger partial charge in [0.15, 0.2) is 11.5 Å². The Hall–Kier alpha value is -2.93. The van der Waals surface area contributed by atoms with Gasteiger partial charge in [0, 0.05) is 28.8 Å². The second-order valence-corrected chi connectivity index (χ2v) is 7.49. The predicted molar refractivity (Wildman–Crippen MR) is 107 cm³/mol. The Kier molecular flexibility index (Phi) is 4.77. The maximum Gasteiger partial charge on any atom is 0.290 e. The van der Waals surface area contributed by atoms with Gasteiger partial charge in [-0.1, -0.05) is 28.9 Å². The van der Waals surface area contributed by atoms with Crippen LogP contribution in [0, 0.1) is 0 Å². The average Bonchev–Trinajstić information content (AvgIpc) is 3.22. The van der Waals surface area contributed by atoms with Gasteiger partial charge in [0.05, 0.1) is 11.6 Å². The molecule has 3 aromatic rings. The topological polar surface area (TPSA) is 83.6 Å². The summed E-state index contributed by atoms with van der Waals surface area (Å²) in [5, 5.41) is 11.3. The zero-order chi connectivity index (χ0) is 19.8. The lowest BCUT2D eigenvalue weighted by Gasteiger charge is -2.25. The van der Waals surface area contributed by atoms with Crippen molar-refractivity contribution in [3.63, 3.8) is 0 Å². The zero-order valence-corrected chi connectivity index (χ0v) is 16.6. The molecule has 0 aliphatic carbocycles. The number of amides is 1. The number of carbonyl (C=O) groups is 2. The number of Topliss-reactive ketones (excluding diaryl/α,β-unsaturated/α-hetero) is 1. The summed E-state index contributed by atoms with van der Waals surface area (Å²) in [7, 11) is 0. The van der Waals surface area contributed by atoms with Crippen molar-refractivity contribution in [3.8, 4) is 0 Å². The first-order chi connectivity index (χ1) is 13.5. The van der Waals surface area contributed by atoms with Crippen LogP contribution in [0.15, 0.2) is 69.0 Å². The highest BCUT2D eigenvalue weighted by Gasteiger charge is 2.44. The number of aromatic nitrogens is 1. The molecule has 1 aliphatic rings. The lowest BCUT2D eigenvalue weighted by molar-refractivity contribution is -0.129. The number of aliphatic hydroxyl groups excluding tert-OH is 1.